The van der Waals surface area contributed by atoms with Crippen LogP contribution in [-0.4, -0.2) is 0 Å². The highest BCUT2D eigenvalue weighted by atomic mass is 16.4. The van der Waals surface area contributed by atoms with Crippen molar-refractivity contribution in [3.8, 4) is 0 Å². The summed E-state index contributed by atoms with van der Waals surface area (Å²) in [5.74, 6) is 1.31. The predicted octanol–water partition coefficient (Wildman–Crippen LogP) is 3.66. The molecule has 0 amide bonds. The first kappa shape index (κ1) is 13.0. The van der Waals surface area contributed by atoms with Crippen LogP contribution in [0.4, 0.5) is 0 Å². The minimum Gasteiger partial charge on any atom is -0.427 e. The largest absolute Gasteiger partial charge is 0.427 e. The van der Waals surface area contributed by atoms with Gasteiger partial charge in [0.05, 0.1) is 0 Å². The zero-order valence-corrected chi connectivity index (χ0v) is 11.0. The van der Waals surface area contributed by atoms with E-state index in [9.17, 15) is 4.79 Å². The molecule has 0 N–H and O–H groups in total. The molecule has 0 aliphatic carbocycles. The number of hydrogen-bond donors (Lipinski definition) is 0. The molecule has 90 valence electrons. The molecule has 0 aromatic carbocycles. The van der Waals surface area contributed by atoms with E-state index in [1.807, 2.05) is 13.0 Å². The first-order valence-corrected chi connectivity index (χ1v) is 6.00. The second-order valence-electron chi connectivity index (χ2n) is 5.23. The highest BCUT2D eigenvalue weighted by Crippen LogP contribution is 2.33. The molecule has 2 nitrogen and oxygen atoms in total. The van der Waals surface area contributed by atoms with Crippen molar-refractivity contribution in [1.29, 1.82) is 0 Å². The minimum absolute atomic E-state index is 0.0822. The van der Waals surface area contributed by atoms with Gasteiger partial charge in [0.15, 0.2) is 0 Å². The molecule has 0 saturated carbocycles. The summed E-state index contributed by atoms with van der Waals surface area (Å²) in [7, 11) is 0. The monoisotopic (exact) mass is 222 g/mol. The first-order chi connectivity index (χ1) is 7.37. The van der Waals surface area contributed by atoms with Crippen LogP contribution in [0, 0.1) is 12.8 Å². The maximum absolute atomic E-state index is 11.4. The first-order valence-electron chi connectivity index (χ1n) is 6.00. The SMILES string of the molecule is CCCC(C)C(C)(C)c1cc(C)cc(=O)o1. The Morgan fingerprint density at radius 3 is 2.50 bits per heavy atom. The molecule has 16 heavy (non-hydrogen) atoms. The lowest BCUT2D eigenvalue weighted by Crippen LogP contribution is -2.27. The molecular formula is C14H22O2. The van der Waals surface area contributed by atoms with E-state index in [4.69, 9.17) is 4.42 Å². The number of aryl methyl sites for hydroxylation is 1. The summed E-state index contributed by atoms with van der Waals surface area (Å²) in [4.78, 5) is 11.4. The Kier molecular flexibility index (Phi) is 3.95. The molecule has 0 aliphatic rings. The summed E-state index contributed by atoms with van der Waals surface area (Å²) < 4.78 is 5.33. The fraction of sp³-hybridized carbons (Fsp3) is 0.643. The zero-order chi connectivity index (χ0) is 12.3. The summed E-state index contributed by atoms with van der Waals surface area (Å²) in [6, 6.07) is 3.51. The van der Waals surface area contributed by atoms with Crippen LogP contribution in [-0.2, 0) is 5.41 Å². The summed E-state index contributed by atoms with van der Waals surface area (Å²) in [5.41, 5.74) is 0.649. The van der Waals surface area contributed by atoms with Crippen LogP contribution < -0.4 is 5.63 Å². The van der Waals surface area contributed by atoms with E-state index < -0.39 is 0 Å². The average Bonchev–Trinajstić information content (AvgIpc) is 2.16. The van der Waals surface area contributed by atoms with Crippen LogP contribution in [0.3, 0.4) is 0 Å². The molecule has 1 atom stereocenters. The standard InChI is InChI=1S/C14H22O2/c1-6-7-11(3)14(4,5)12-8-10(2)9-13(15)16-12/h8-9,11H,6-7H2,1-5H3. The van der Waals surface area contributed by atoms with Gasteiger partial charge in [-0.1, -0.05) is 40.5 Å². The Hall–Kier alpha value is -1.05. The second-order valence-corrected chi connectivity index (χ2v) is 5.23. The third-order valence-electron chi connectivity index (χ3n) is 3.50. The third kappa shape index (κ3) is 2.75. The Balaban J connectivity index is 3.10. The van der Waals surface area contributed by atoms with Crippen molar-refractivity contribution in [3.05, 3.63) is 33.9 Å². The molecule has 1 aromatic heterocycles. The zero-order valence-electron chi connectivity index (χ0n) is 11.0. The van der Waals surface area contributed by atoms with Gasteiger partial charge >= 0.3 is 5.63 Å². The fourth-order valence-electron chi connectivity index (χ4n) is 1.96. The van der Waals surface area contributed by atoms with Crippen molar-refractivity contribution >= 4 is 0 Å². The van der Waals surface area contributed by atoms with Gasteiger partial charge in [0.1, 0.15) is 5.76 Å². The molecule has 0 bridgehead atoms. The van der Waals surface area contributed by atoms with Crippen LogP contribution in [0.5, 0.6) is 0 Å². The van der Waals surface area contributed by atoms with Gasteiger partial charge in [-0.3, -0.25) is 0 Å². The Morgan fingerprint density at radius 2 is 2.00 bits per heavy atom. The van der Waals surface area contributed by atoms with E-state index >= 15 is 0 Å². The molecule has 2 heteroatoms. The van der Waals surface area contributed by atoms with E-state index in [-0.39, 0.29) is 11.0 Å². The maximum Gasteiger partial charge on any atom is 0.336 e. The average molecular weight is 222 g/mol. The van der Waals surface area contributed by atoms with Crippen molar-refractivity contribution in [1.82, 2.24) is 0 Å². The summed E-state index contributed by atoms with van der Waals surface area (Å²) in [5, 5.41) is 0. The lowest BCUT2D eigenvalue weighted by atomic mass is 9.75. The molecular weight excluding hydrogens is 200 g/mol. The van der Waals surface area contributed by atoms with E-state index in [2.05, 4.69) is 27.7 Å². The Bertz CT molecular complexity index is 401. The van der Waals surface area contributed by atoms with Crippen LogP contribution in [0.1, 0.15) is 51.9 Å². The van der Waals surface area contributed by atoms with Crippen molar-refractivity contribution in [2.75, 3.05) is 0 Å². The van der Waals surface area contributed by atoms with Gasteiger partial charge in [0.25, 0.3) is 0 Å². The molecule has 1 rings (SSSR count). The van der Waals surface area contributed by atoms with Gasteiger partial charge in [-0.05, 0) is 24.5 Å². The lowest BCUT2D eigenvalue weighted by Gasteiger charge is -2.30. The Labute approximate surface area is 97.7 Å². The molecule has 0 saturated heterocycles. The third-order valence-corrected chi connectivity index (χ3v) is 3.50. The number of rotatable bonds is 4. The Morgan fingerprint density at radius 1 is 1.38 bits per heavy atom. The van der Waals surface area contributed by atoms with E-state index in [0.29, 0.717) is 5.92 Å². The van der Waals surface area contributed by atoms with Crippen LogP contribution in [0.25, 0.3) is 0 Å². The van der Waals surface area contributed by atoms with Gasteiger partial charge in [-0.2, -0.15) is 0 Å². The van der Waals surface area contributed by atoms with Crippen LogP contribution in [0.15, 0.2) is 21.3 Å². The van der Waals surface area contributed by atoms with Gasteiger partial charge < -0.3 is 4.42 Å². The van der Waals surface area contributed by atoms with Crippen molar-refractivity contribution in [2.45, 2.75) is 52.9 Å². The molecule has 1 heterocycles. The van der Waals surface area contributed by atoms with Crippen LogP contribution in [0.2, 0.25) is 0 Å². The molecule has 0 spiro atoms. The summed E-state index contributed by atoms with van der Waals surface area (Å²) >= 11 is 0. The van der Waals surface area contributed by atoms with Gasteiger partial charge in [-0.25, -0.2) is 4.79 Å². The van der Waals surface area contributed by atoms with Gasteiger partial charge in [0.2, 0.25) is 0 Å². The molecule has 1 aromatic rings. The quantitative estimate of drug-likeness (QED) is 0.778. The number of hydrogen-bond acceptors (Lipinski definition) is 2. The van der Waals surface area contributed by atoms with Crippen molar-refractivity contribution in [3.63, 3.8) is 0 Å². The highest BCUT2D eigenvalue weighted by molar-refractivity contribution is 5.18. The summed E-state index contributed by atoms with van der Waals surface area (Å²) in [6.07, 6.45) is 2.30. The predicted molar refractivity (Wildman–Crippen MR) is 66.8 cm³/mol. The molecule has 0 aliphatic heterocycles. The van der Waals surface area contributed by atoms with Crippen LogP contribution >= 0.6 is 0 Å². The van der Waals surface area contributed by atoms with Crippen molar-refractivity contribution in [2.24, 2.45) is 5.92 Å². The highest BCUT2D eigenvalue weighted by Gasteiger charge is 2.30. The van der Waals surface area contributed by atoms with Gasteiger partial charge in [-0.15, -0.1) is 0 Å². The minimum atomic E-state index is -0.244. The molecule has 0 radical (unpaired) electrons. The van der Waals surface area contributed by atoms with Crippen molar-refractivity contribution < 1.29 is 4.42 Å². The van der Waals surface area contributed by atoms with Gasteiger partial charge in [0, 0.05) is 11.5 Å². The second kappa shape index (κ2) is 4.86. The maximum atomic E-state index is 11.4. The van der Waals surface area contributed by atoms with E-state index in [0.717, 1.165) is 24.2 Å². The fourth-order valence-corrected chi connectivity index (χ4v) is 1.96. The van der Waals surface area contributed by atoms with E-state index in [1.165, 1.54) is 6.07 Å². The lowest BCUT2D eigenvalue weighted by molar-refractivity contribution is 0.256. The molecule has 0 fully saturated rings. The molecule has 1 unspecified atom stereocenters. The normalized spacial score (nSPS) is 13.8. The topological polar surface area (TPSA) is 30.2 Å². The summed E-state index contributed by atoms with van der Waals surface area (Å²) in [6.45, 7) is 10.6. The van der Waals surface area contributed by atoms with E-state index in [1.54, 1.807) is 0 Å². The smallest absolute Gasteiger partial charge is 0.336 e.